The van der Waals surface area contributed by atoms with Crippen molar-refractivity contribution in [3.8, 4) is 11.1 Å². The number of rotatable bonds is 8. The Labute approximate surface area is 197 Å². The Hall–Kier alpha value is -3.35. The minimum Gasteiger partial charge on any atom is -0.449 e. The molecule has 0 bridgehead atoms. The van der Waals surface area contributed by atoms with Crippen LogP contribution in [0.25, 0.3) is 11.1 Å². The Bertz CT molecular complexity index is 1150. The summed E-state index contributed by atoms with van der Waals surface area (Å²) in [6.07, 6.45) is -2.69. The molecule has 7 heteroatoms. The molecule has 0 radical (unpaired) electrons. The van der Waals surface area contributed by atoms with Gasteiger partial charge in [0.25, 0.3) is 0 Å². The second-order valence-electron chi connectivity index (χ2n) is 7.82. The molecule has 3 aromatic rings. The van der Waals surface area contributed by atoms with Crippen LogP contribution >= 0.6 is 12.2 Å². The topological polar surface area (TPSA) is 91.2 Å². The molecule has 0 aliphatic heterocycles. The van der Waals surface area contributed by atoms with E-state index in [9.17, 15) is 15.0 Å². The van der Waals surface area contributed by atoms with Gasteiger partial charge in [-0.25, -0.2) is 4.79 Å². The van der Waals surface area contributed by atoms with Gasteiger partial charge in [0.1, 0.15) is 12.7 Å². The summed E-state index contributed by atoms with van der Waals surface area (Å²) in [7, 11) is 0. The fourth-order valence-corrected chi connectivity index (χ4v) is 4.32. The number of hydrogen-bond acceptors (Lipinski definition) is 6. The highest BCUT2D eigenvalue weighted by atomic mass is 32.1. The molecule has 0 saturated carbocycles. The summed E-state index contributed by atoms with van der Waals surface area (Å²) in [6.45, 7) is 0.363. The van der Waals surface area contributed by atoms with Crippen LogP contribution in [0, 0.1) is 0 Å². The molecule has 0 spiro atoms. The number of carbonyl (C=O) groups is 1. The second-order valence-corrected chi connectivity index (χ2v) is 8.00. The van der Waals surface area contributed by atoms with Gasteiger partial charge in [0, 0.05) is 18.0 Å². The van der Waals surface area contributed by atoms with Crippen molar-refractivity contribution in [1.82, 2.24) is 5.32 Å². The van der Waals surface area contributed by atoms with E-state index in [1.54, 1.807) is 24.3 Å². The first-order valence-corrected chi connectivity index (χ1v) is 11.1. The molecule has 3 aromatic carbocycles. The normalized spacial score (nSPS) is 13.9. The van der Waals surface area contributed by atoms with Crippen molar-refractivity contribution in [2.75, 3.05) is 13.2 Å². The summed E-state index contributed by atoms with van der Waals surface area (Å²) in [6, 6.07) is 23.1. The van der Waals surface area contributed by atoms with Crippen LogP contribution in [0.3, 0.4) is 0 Å². The Balaban J connectivity index is 1.30. The number of para-hydroxylation sites is 1. The molecule has 0 fully saturated rings. The number of thiocarbonyl (C=S) groups is 1. The number of alkyl carbamates (subject to hydrolysis) is 1. The first-order valence-electron chi connectivity index (χ1n) is 10.7. The molecule has 4 rings (SSSR count). The predicted octanol–water partition coefficient (Wildman–Crippen LogP) is 4.74. The van der Waals surface area contributed by atoms with Crippen LogP contribution in [0.15, 0.2) is 77.8 Å². The van der Waals surface area contributed by atoms with Crippen LogP contribution in [0.2, 0.25) is 0 Å². The Kier molecular flexibility index (Phi) is 7.27. The van der Waals surface area contributed by atoms with E-state index < -0.39 is 18.3 Å². The van der Waals surface area contributed by atoms with E-state index in [1.807, 2.05) is 24.3 Å². The van der Waals surface area contributed by atoms with Crippen LogP contribution in [-0.2, 0) is 4.74 Å². The van der Waals surface area contributed by atoms with Gasteiger partial charge in [0.05, 0.1) is 17.0 Å². The number of hydrogen-bond donors (Lipinski definition) is 3. The average Bonchev–Trinajstić information content (AvgIpc) is 3.16. The number of carbonyl (C=O) groups excluding carboxylic acids is 1. The van der Waals surface area contributed by atoms with E-state index in [1.165, 1.54) is 0 Å². The average molecular weight is 461 g/mol. The first-order chi connectivity index (χ1) is 16.1. The van der Waals surface area contributed by atoms with Crippen molar-refractivity contribution in [3.63, 3.8) is 0 Å². The lowest BCUT2D eigenvalue weighted by Gasteiger charge is -2.19. The van der Waals surface area contributed by atoms with Gasteiger partial charge in [0.15, 0.2) is 0 Å². The Morgan fingerprint density at radius 3 is 2.27 bits per heavy atom. The van der Waals surface area contributed by atoms with Gasteiger partial charge in [-0.1, -0.05) is 66.7 Å². The number of aliphatic hydroxyl groups is 2. The lowest BCUT2D eigenvalue weighted by atomic mass is 9.98. The van der Waals surface area contributed by atoms with E-state index in [2.05, 4.69) is 52.0 Å². The van der Waals surface area contributed by atoms with Gasteiger partial charge in [-0.05, 0) is 47.0 Å². The maximum absolute atomic E-state index is 12.3. The molecule has 2 atom stereocenters. The number of nitrogens with zero attached hydrogens (tertiary/aromatic N) is 1. The predicted molar refractivity (Wildman–Crippen MR) is 130 cm³/mol. The summed E-state index contributed by atoms with van der Waals surface area (Å²) in [5, 5.41) is 25.8. The van der Waals surface area contributed by atoms with Crippen molar-refractivity contribution >= 4 is 29.2 Å². The lowest BCUT2D eigenvalue weighted by molar-refractivity contribution is 0.0140. The van der Waals surface area contributed by atoms with E-state index in [4.69, 9.17) is 4.74 Å². The summed E-state index contributed by atoms with van der Waals surface area (Å²) >= 11 is 4.63. The van der Waals surface area contributed by atoms with Crippen molar-refractivity contribution in [3.05, 3.63) is 89.5 Å². The monoisotopic (exact) mass is 460 g/mol. The third-order valence-electron chi connectivity index (χ3n) is 5.84. The number of nitrogens with one attached hydrogen (secondary N) is 1. The molecule has 6 nitrogen and oxygen atoms in total. The number of isothiocyanates is 1. The molecular formula is C26H24N2O4S. The van der Waals surface area contributed by atoms with Crippen molar-refractivity contribution in [2.24, 2.45) is 4.99 Å². The van der Waals surface area contributed by atoms with Crippen LogP contribution in [-0.4, -0.2) is 40.7 Å². The summed E-state index contributed by atoms with van der Waals surface area (Å²) < 4.78 is 5.49. The molecule has 3 N–H and O–H groups in total. The molecule has 2 unspecified atom stereocenters. The molecule has 0 aromatic heterocycles. The zero-order valence-electron chi connectivity index (χ0n) is 17.8. The van der Waals surface area contributed by atoms with Crippen molar-refractivity contribution < 1.29 is 19.7 Å². The zero-order chi connectivity index (χ0) is 23.2. The highest BCUT2D eigenvalue weighted by molar-refractivity contribution is 7.78. The molecule has 1 aliphatic rings. The highest BCUT2D eigenvalue weighted by Crippen LogP contribution is 2.44. The van der Waals surface area contributed by atoms with Gasteiger partial charge in [0.2, 0.25) is 0 Å². The molecule has 168 valence electrons. The Morgan fingerprint density at radius 1 is 1.00 bits per heavy atom. The third kappa shape index (κ3) is 5.02. The first kappa shape index (κ1) is 22.8. The zero-order valence-corrected chi connectivity index (χ0v) is 18.7. The summed E-state index contributed by atoms with van der Waals surface area (Å²) in [5.41, 5.74) is 5.51. The van der Waals surface area contributed by atoms with Gasteiger partial charge in [-0.15, -0.1) is 0 Å². The van der Waals surface area contributed by atoms with Gasteiger partial charge in [-0.2, -0.15) is 4.99 Å². The molecule has 0 heterocycles. The number of aliphatic imine (C=N–C) groups is 1. The second kappa shape index (κ2) is 10.5. The highest BCUT2D eigenvalue weighted by Gasteiger charge is 2.29. The lowest BCUT2D eigenvalue weighted by Crippen LogP contribution is -2.30. The quantitative estimate of drug-likeness (QED) is 0.334. The third-order valence-corrected chi connectivity index (χ3v) is 5.93. The Morgan fingerprint density at radius 2 is 1.61 bits per heavy atom. The van der Waals surface area contributed by atoms with Crippen LogP contribution in [0.4, 0.5) is 10.5 Å². The van der Waals surface area contributed by atoms with Crippen molar-refractivity contribution in [2.45, 2.75) is 24.5 Å². The molecule has 1 amide bonds. The molecular weight excluding hydrogens is 436 g/mol. The molecule has 0 saturated heterocycles. The van der Waals surface area contributed by atoms with E-state index in [0.717, 1.165) is 22.3 Å². The van der Waals surface area contributed by atoms with E-state index in [-0.39, 0.29) is 25.5 Å². The standard InChI is InChI=1S/C26H24N2O4S/c29-24(25(30)21-11-5-6-12-23(21)28-16-33)13-14-27-26(31)32-15-22-19-9-3-1-7-17(19)18-8-2-4-10-20(18)22/h1-12,22,24-25,29-30H,13-15H2,(H,27,31). The molecule has 1 aliphatic carbocycles. The van der Waals surface area contributed by atoms with Gasteiger partial charge in [-0.3, -0.25) is 0 Å². The SMILES string of the molecule is O=C(NCCC(O)C(O)c1ccccc1N=C=S)OCC1c2ccccc2-c2ccccc21. The van der Waals surface area contributed by atoms with E-state index in [0.29, 0.717) is 11.3 Å². The number of aliphatic hydroxyl groups excluding tert-OH is 2. The largest absolute Gasteiger partial charge is 0.449 e. The van der Waals surface area contributed by atoms with Gasteiger partial charge >= 0.3 is 6.09 Å². The summed E-state index contributed by atoms with van der Waals surface area (Å²) in [5.74, 6) is -0.0196. The minimum atomic E-state index is -1.17. The maximum Gasteiger partial charge on any atom is 0.407 e. The number of benzene rings is 3. The van der Waals surface area contributed by atoms with E-state index >= 15 is 0 Å². The smallest absolute Gasteiger partial charge is 0.407 e. The van der Waals surface area contributed by atoms with Crippen LogP contribution in [0.5, 0.6) is 0 Å². The van der Waals surface area contributed by atoms with Crippen LogP contribution < -0.4 is 5.32 Å². The van der Waals surface area contributed by atoms with Crippen LogP contribution in [0.1, 0.15) is 35.1 Å². The number of fused-ring (bicyclic) bond motifs is 3. The maximum atomic E-state index is 12.3. The number of ether oxygens (including phenoxy) is 1. The van der Waals surface area contributed by atoms with Crippen molar-refractivity contribution in [1.29, 1.82) is 0 Å². The fourth-order valence-electron chi connectivity index (χ4n) is 4.23. The minimum absolute atomic E-state index is 0.0196. The molecule has 33 heavy (non-hydrogen) atoms. The fraction of sp³-hybridized carbons (Fsp3) is 0.231. The van der Waals surface area contributed by atoms with Gasteiger partial charge < -0.3 is 20.3 Å². The number of amides is 1. The summed E-state index contributed by atoms with van der Waals surface area (Å²) in [4.78, 5) is 16.2.